The van der Waals surface area contributed by atoms with Crippen molar-refractivity contribution in [3.05, 3.63) is 35.4 Å². The van der Waals surface area contributed by atoms with Gasteiger partial charge < -0.3 is 10.2 Å². The number of Topliss-reactive ketones (excluding diaryl/α,β-unsaturated/α-hetero) is 1. The molecule has 0 aliphatic carbocycles. The van der Waals surface area contributed by atoms with Crippen LogP contribution < -0.4 is 5.32 Å². The average Bonchev–Trinajstić information content (AvgIpc) is 2.45. The molecule has 0 saturated carbocycles. The summed E-state index contributed by atoms with van der Waals surface area (Å²) >= 11 is 0. The van der Waals surface area contributed by atoms with Crippen LogP contribution in [0.2, 0.25) is 0 Å². The first-order valence-electron chi connectivity index (χ1n) is 6.54. The molecule has 7 heteroatoms. The molecule has 116 valence electrons. The molecular weight excluding hydrogens is 302 g/mol. The lowest BCUT2D eigenvalue weighted by Crippen LogP contribution is -2.46. The summed E-state index contributed by atoms with van der Waals surface area (Å²) < 4.78 is 26.2. The molecule has 21 heavy (non-hydrogen) atoms. The van der Waals surface area contributed by atoms with E-state index < -0.39 is 17.4 Å². The second kappa shape index (κ2) is 8.05. The molecule has 0 bridgehead atoms. The first kappa shape index (κ1) is 17.5. The van der Waals surface area contributed by atoms with Gasteiger partial charge in [0.25, 0.3) is 0 Å². The number of hydrogen-bond donors (Lipinski definition) is 1. The highest BCUT2D eigenvalue weighted by Gasteiger charge is 2.19. The van der Waals surface area contributed by atoms with E-state index in [-0.39, 0.29) is 36.7 Å². The Bertz CT molecular complexity index is 520. The highest BCUT2D eigenvalue weighted by atomic mass is 35.5. The number of benzene rings is 1. The second-order valence-corrected chi connectivity index (χ2v) is 4.68. The van der Waals surface area contributed by atoms with Crippen molar-refractivity contribution in [2.75, 3.05) is 26.2 Å². The Morgan fingerprint density at radius 2 is 1.81 bits per heavy atom. The minimum atomic E-state index is -0.885. The van der Waals surface area contributed by atoms with Crippen molar-refractivity contribution < 1.29 is 18.4 Å². The third-order valence-corrected chi connectivity index (χ3v) is 3.27. The van der Waals surface area contributed by atoms with Crippen molar-refractivity contribution in [2.24, 2.45) is 0 Å². The maximum Gasteiger partial charge on any atom is 0.223 e. The fourth-order valence-corrected chi connectivity index (χ4v) is 2.14. The van der Waals surface area contributed by atoms with Gasteiger partial charge in [0.2, 0.25) is 5.91 Å². The topological polar surface area (TPSA) is 49.4 Å². The SMILES string of the molecule is Cl.O=C(CCC(=O)N1CCNCC1)c1ccc(F)cc1F. The predicted molar refractivity (Wildman–Crippen MR) is 76.6 cm³/mol. The summed E-state index contributed by atoms with van der Waals surface area (Å²) in [5.41, 5.74) is -0.167. The number of nitrogens with one attached hydrogen (secondary N) is 1. The van der Waals surface area contributed by atoms with Crippen molar-refractivity contribution in [1.29, 1.82) is 0 Å². The molecule has 2 rings (SSSR count). The van der Waals surface area contributed by atoms with Crippen LogP contribution in [0.3, 0.4) is 0 Å². The van der Waals surface area contributed by atoms with Gasteiger partial charge in [-0.25, -0.2) is 8.78 Å². The molecule has 0 spiro atoms. The number of ketones is 1. The standard InChI is InChI=1S/C14H16F2N2O2.ClH/c15-10-1-2-11(12(16)9-10)13(19)3-4-14(20)18-7-5-17-6-8-18;/h1-2,9,17H,3-8H2;1H. The summed E-state index contributed by atoms with van der Waals surface area (Å²) in [5, 5.41) is 3.13. The van der Waals surface area contributed by atoms with Gasteiger partial charge in [0.05, 0.1) is 5.56 Å². The van der Waals surface area contributed by atoms with Crippen molar-refractivity contribution in [2.45, 2.75) is 12.8 Å². The van der Waals surface area contributed by atoms with E-state index in [1.54, 1.807) is 4.90 Å². The highest BCUT2D eigenvalue weighted by Crippen LogP contribution is 2.13. The molecule has 1 aliphatic heterocycles. The van der Waals surface area contributed by atoms with E-state index in [2.05, 4.69) is 5.32 Å². The number of carbonyl (C=O) groups is 2. The Morgan fingerprint density at radius 3 is 2.43 bits per heavy atom. The van der Waals surface area contributed by atoms with Crippen molar-refractivity contribution >= 4 is 24.1 Å². The third kappa shape index (κ3) is 4.75. The molecule has 1 aliphatic rings. The molecule has 1 aromatic carbocycles. The first-order chi connectivity index (χ1) is 9.58. The van der Waals surface area contributed by atoms with Gasteiger partial charge in [-0.05, 0) is 12.1 Å². The fraction of sp³-hybridized carbons (Fsp3) is 0.429. The van der Waals surface area contributed by atoms with E-state index in [0.717, 1.165) is 25.2 Å². The normalized spacial score (nSPS) is 14.5. The molecule has 1 heterocycles. The van der Waals surface area contributed by atoms with Gasteiger partial charge in [-0.2, -0.15) is 0 Å². The van der Waals surface area contributed by atoms with E-state index >= 15 is 0 Å². The molecule has 1 amide bonds. The van der Waals surface area contributed by atoms with E-state index in [0.29, 0.717) is 19.2 Å². The van der Waals surface area contributed by atoms with E-state index in [9.17, 15) is 18.4 Å². The number of amides is 1. The summed E-state index contributed by atoms with van der Waals surface area (Å²) in [6.45, 7) is 2.73. The third-order valence-electron chi connectivity index (χ3n) is 3.27. The predicted octanol–water partition coefficient (Wildman–Crippen LogP) is 1.78. The van der Waals surface area contributed by atoms with Crippen molar-refractivity contribution in [1.82, 2.24) is 10.2 Å². The van der Waals surface area contributed by atoms with E-state index in [4.69, 9.17) is 0 Å². The van der Waals surface area contributed by atoms with E-state index in [1.807, 2.05) is 0 Å². The second-order valence-electron chi connectivity index (χ2n) is 4.68. The van der Waals surface area contributed by atoms with Crippen LogP contribution in [-0.2, 0) is 4.79 Å². The number of rotatable bonds is 4. The Kier molecular flexibility index (Phi) is 6.71. The summed E-state index contributed by atoms with van der Waals surface area (Å²) in [6.07, 6.45) is -0.0129. The average molecular weight is 319 g/mol. The number of piperazine rings is 1. The summed E-state index contributed by atoms with van der Waals surface area (Å²) in [7, 11) is 0. The van der Waals surface area contributed by atoms with Gasteiger partial charge in [0.15, 0.2) is 5.78 Å². The summed E-state index contributed by atoms with van der Waals surface area (Å²) in [6, 6.07) is 2.82. The Labute approximate surface area is 127 Å². The summed E-state index contributed by atoms with van der Waals surface area (Å²) in [5.74, 6) is -2.20. The zero-order valence-electron chi connectivity index (χ0n) is 11.4. The van der Waals surface area contributed by atoms with Gasteiger partial charge in [-0.15, -0.1) is 12.4 Å². The molecule has 1 saturated heterocycles. The van der Waals surface area contributed by atoms with Gasteiger partial charge >= 0.3 is 0 Å². The van der Waals surface area contributed by atoms with Crippen LogP contribution in [0.1, 0.15) is 23.2 Å². The number of hydrogen-bond acceptors (Lipinski definition) is 3. The number of halogens is 3. The molecule has 1 N–H and O–H groups in total. The first-order valence-corrected chi connectivity index (χ1v) is 6.54. The van der Waals surface area contributed by atoms with Crippen LogP contribution in [0.15, 0.2) is 18.2 Å². The molecule has 0 atom stereocenters. The Balaban J connectivity index is 0.00000220. The van der Waals surface area contributed by atoms with Gasteiger partial charge in [-0.1, -0.05) is 0 Å². The van der Waals surface area contributed by atoms with Gasteiger partial charge in [0, 0.05) is 45.1 Å². The minimum absolute atomic E-state index is 0. The maximum atomic E-state index is 13.4. The fourth-order valence-electron chi connectivity index (χ4n) is 2.14. The lowest BCUT2D eigenvalue weighted by atomic mass is 10.1. The summed E-state index contributed by atoms with van der Waals surface area (Å²) in [4.78, 5) is 25.4. The number of nitrogens with zero attached hydrogens (tertiary/aromatic N) is 1. The molecule has 1 aromatic rings. The molecule has 0 aromatic heterocycles. The zero-order chi connectivity index (χ0) is 14.5. The maximum absolute atomic E-state index is 13.4. The van der Waals surface area contributed by atoms with Crippen LogP contribution in [0, 0.1) is 11.6 Å². The largest absolute Gasteiger partial charge is 0.340 e. The van der Waals surface area contributed by atoms with Crippen LogP contribution in [-0.4, -0.2) is 42.8 Å². The van der Waals surface area contributed by atoms with Gasteiger partial charge in [0.1, 0.15) is 11.6 Å². The van der Waals surface area contributed by atoms with Crippen molar-refractivity contribution in [3.63, 3.8) is 0 Å². The minimum Gasteiger partial charge on any atom is -0.340 e. The Hall–Kier alpha value is -1.53. The van der Waals surface area contributed by atoms with Crippen LogP contribution >= 0.6 is 12.4 Å². The van der Waals surface area contributed by atoms with E-state index in [1.165, 1.54) is 0 Å². The van der Waals surface area contributed by atoms with Crippen LogP contribution in [0.25, 0.3) is 0 Å². The molecule has 4 nitrogen and oxygen atoms in total. The van der Waals surface area contributed by atoms with Crippen molar-refractivity contribution in [3.8, 4) is 0 Å². The lowest BCUT2D eigenvalue weighted by Gasteiger charge is -2.27. The van der Waals surface area contributed by atoms with Crippen LogP contribution in [0.5, 0.6) is 0 Å². The monoisotopic (exact) mass is 318 g/mol. The molecule has 1 fully saturated rings. The quantitative estimate of drug-likeness (QED) is 0.861. The number of carbonyl (C=O) groups excluding carboxylic acids is 2. The molecule has 0 unspecified atom stereocenters. The molecular formula is C14H17ClF2N2O2. The lowest BCUT2D eigenvalue weighted by molar-refractivity contribution is -0.131. The smallest absolute Gasteiger partial charge is 0.223 e. The van der Waals surface area contributed by atoms with Gasteiger partial charge in [-0.3, -0.25) is 9.59 Å². The Morgan fingerprint density at radius 1 is 1.14 bits per heavy atom. The molecule has 0 radical (unpaired) electrons. The highest BCUT2D eigenvalue weighted by molar-refractivity contribution is 5.98. The van der Waals surface area contributed by atoms with Crippen LogP contribution in [0.4, 0.5) is 8.78 Å². The zero-order valence-corrected chi connectivity index (χ0v) is 12.2.